The third-order valence-corrected chi connectivity index (χ3v) is 9.05. The molecule has 2 aliphatic rings. The van der Waals surface area contributed by atoms with Crippen molar-refractivity contribution in [1.29, 1.82) is 0 Å². The van der Waals surface area contributed by atoms with Crippen LogP contribution < -0.4 is 14.8 Å². The molecule has 1 N–H and O–H groups in total. The molecule has 1 amide bonds. The number of ether oxygens (including phenoxy) is 2. The Balaban J connectivity index is 1.15. The number of nitrogens with zero attached hydrogens (tertiary/aromatic N) is 3. The number of carbonyl (C=O) groups excluding carboxylic acids is 1. The standard InChI is InChI=1S/C20H19ClN4O6S2/c21-16-3-4-18(32-16)33(27,28)25-7-5-13(6-8-25)19(26)22-20-24-23-17(31-20)10-12-1-2-14-15(9-12)30-11-29-14/h1-4,9,13H,5-8,10-11H2,(H,22,24,26). The van der Waals surface area contributed by atoms with E-state index in [1.165, 1.54) is 10.4 Å². The van der Waals surface area contributed by atoms with Crippen molar-refractivity contribution in [2.45, 2.75) is 23.5 Å². The summed E-state index contributed by atoms with van der Waals surface area (Å²) >= 11 is 6.89. The zero-order chi connectivity index (χ0) is 23.0. The van der Waals surface area contributed by atoms with E-state index in [1.807, 2.05) is 18.2 Å². The molecule has 5 rings (SSSR count). The largest absolute Gasteiger partial charge is 0.454 e. The van der Waals surface area contributed by atoms with Crippen molar-refractivity contribution in [2.24, 2.45) is 5.92 Å². The van der Waals surface area contributed by atoms with Crippen LogP contribution in [0.3, 0.4) is 0 Å². The fourth-order valence-electron chi connectivity index (χ4n) is 3.73. The summed E-state index contributed by atoms with van der Waals surface area (Å²) in [6.45, 7) is 0.688. The van der Waals surface area contributed by atoms with Crippen molar-refractivity contribution in [1.82, 2.24) is 14.5 Å². The third kappa shape index (κ3) is 4.69. The highest BCUT2D eigenvalue weighted by Gasteiger charge is 2.33. The number of carbonyl (C=O) groups is 1. The molecule has 0 atom stereocenters. The SMILES string of the molecule is O=C(Nc1nnc(Cc2ccc3c(c2)OCO3)o1)C1CCN(S(=O)(=O)c2ccc(Cl)s2)CC1. The Morgan fingerprint density at radius 2 is 1.94 bits per heavy atom. The van der Waals surface area contributed by atoms with Gasteiger partial charge in [-0.3, -0.25) is 10.1 Å². The van der Waals surface area contributed by atoms with E-state index in [2.05, 4.69) is 15.5 Å². The first-order valence-corrected chi connectivity index (χ1v) is 12.8. The van der Waals surface area contributed by atoms with Gasteiger partial charge in [-0.1, -0.05) is 22.8 Å². The number of thiophene rings is 1. The van der Waals surface area contributed by atoms with Crippen LogP contribution in [-0.2, 0) is 21.2 Å². The minimum absolute atomic E-state index is 0.0130. The van der Waals surface area contributed by atoms with E-state index in [4.69, 9.17) is 25.5 Å². The van der Waals surface area contributed by atoms with Crippen LogP contribution in [0, 0.1) is 5.92 Å². The van der Waals surface area contributed by atoms with E-state index in [9.17, 15) is 13.2 Å². The first-order chi connectivity index (χ1) is 15.9. The minimum atomic E-state index is -3.60. The Morgan fingerprint density at radius 3 is 2.70 bits per heavy atom. The zero-order valence-corrected chi connectivity index (χ0v) is 19.6. The number of benzene rings is 1. The Labute approximate surface area is 198 Å². The summed E-state index contributed by atoms with van der Waals surface area (Å²) in [5, 5.41) is 10.5. The molecule has 10 nitrogen and oxygen atoms in total. The monoisotopic (exact) mass is 510 g/mol. The molecule has 0 aliphatic carbocycles. The lowest BCUT2D eigenvalue weighted by Gasteiger charge is -2.29. The Bertz CT molecular complexity index is 1280. The van der Waals surface area contributed by atoms with Crippen molar-refractivity contribution >= 4 is 44.9 Å². The van der Waals surface area contributed by atoms with Crippen molar-refractivity contribution < 1.29 is 27.1 Å². The summed E-state index contributed by atoms with van der Waals surface area (Å²) in [6.07, 6.45) is 1.16. The number of halogens is 1. The quantitative estimate of drug-likeness (QED) is 0.536. The number of amides is 1. The Morgan fingerprint density at radius 1 is 1.15 bits per heavy atom. The average molecular weight is 511 g/mol. The summed E-state index contributed by atoms with van der Waals surface area (Å²) in [6, 6.07) is 8.61. The van der Waals surface area contributed by atoms with Gasteiger partial charge in [-0.05, 0) is 42.7 Å². The molecule has 33 heavy (non-hydrogen) atoms. The molecule has 0 saturated carbocycles. The summed E-state index contributed by atoms with van der Waals surface area (Å²) in [7, 11) is -3.60. The molecule has 0 bridgehead atoms. The van der Waals surface area contributed by atoms with Crippen LogP contribution in [-0.4, -0.2) is 48.7 Å². The maximum atomic E-state index is 12.7. The van der Waals surface area contributed by atoms with Gasteiger partial charge in [0, 0.05) is 19.0 Å². The number of aromatic nitrogens is 2. The van der Waals surface area contributed by atoms with Crippen molar-refractivity contribution in [3.05, 3.63) is 46.1 Å². The van der Waals surface area contributed by atoms with Gasteiger partial charge in [0.25, 0.3) is 10.0 Å². The van der Waals surface area contributed by atoms with Gasteiger partial charge in [0.1, 0.15) is 4.21 Å². The highest BCUT2D eigenvalue weighted by molar-refractivity contribution is 7.91. The maximum absolute atomic E-state index is 12.7. The van der Waals surface area contributed by atoms with E-state index in [0.29, 0.717) is 41.0 Å². The van der Waals surface area contributed by atoms with Crippen LogP contribution >= 0.6 is 22.9 Å². The number of nitrogens with one attached hydrogen (secondary N) is 1. The van der Waals surface area contributed by atoms with E-state index in [1.54, 1.807) is 6.07 Å². The summed E-state index contributed by atoms with van der Waals surface area (Å²) < 4.78 is 43.7. The molecule has 1 saturated heterocycles. The molecule has 0 unspecified atom stereocenters. The van der Waals surface area contributed by atoms with Crippen LogP contribution in [0.2, 0.25) is 4.34 Å². The molecule has 2 aliphatic heterocycles. The minimum Gasteiger partial charge on any atom is -0.454 e. The van der Waals surface area contributed by atoms with Gasteiger partial charge in [-0.2, -0.15) is 4.31 Å². The molecular weight excluding hydrogens is 492 g/mol. The van der Waals surface area contributed by atoms with Crippen molar-refractivity contribution in [3.63, 3.8) is 0 Å². The van der Waals surface area contributed by atoms with Gasteiger partial charge in [0.15, 0.2) is 11.5 Å². The molecule has 3 aromatic rings. The van der Waals surface area contributed by atoms with Gasteiger partial charge in [-0.15, -0.1) is 16.4 Å². The normalized spacial score (nSPS) is 16.8. The third-order valence-electron chi connectivity index (χ3n) is 5.46. The summed E-state index contributed by atoms with van der Waals surface area (Å²) in [5.41, 5.74) is 0.904. The number of sulfonamides is 1. The highest BCUT2D eigenvalue weighted by atomic mass is 35.5. The van der Waals surface area contributed by atoms with Crippen LogP contribution in [0.15, 0.2) is 39.0 Å². The molecule has 13 heteroatoms. The summed E-state index contributed by atoms with van der Waals surface area (Å²) in [5.74, 6) is 1.07. The van der Waals surface area contributed by atoms with Crippen LogP contribution in [0.1, 0.15) is 24.3 Å². The van der Waals surface area contributed by atoms with Crippen molar-refractivity contribution in [3.8, 4) is 11.5 Å². The van der Waals surface area contributed by atoms with Gasteiger partial charge in [0.05, 0.1) is 10.8 Å². The molecule has 1 aromatic carbocycles. The number of hydrogen-bond acceptors (Lipinski definition) is 9. The topological polar surface area (TPSA) is 124 Å². The molecule has 1 fully saturated rings. The molecule has 4 heterocycles. The number of rotatable bonds is 6. The van der Waals surface area contributed by atoms with Gasteiger partial charge in [-0.25, -0.2) is 8.42 Å². The first kappa shape index (κ1) is 22.1. The molecule has 0 spiro atoms. The maximum Gasteiger partial charge on any atom is 0.322 e. The summed E-state index contributed by atoms with van der Waals surface area (Å²) in [4.78, 5) is 12.6. The number of hydrogen-bond donors (Lipinski definition) is 1. The second-order valence-electron chi connectivity index (χ2n) is 7.59. The van der Waals surface area contributed by atoms with E-state index >= 15 is 0 Å². The first-order valence-electron chi connectivity index (χ1n) is 10.2. The lowest BCUT2D eigenvalue weighted by molar-refractivity contribution is -0.121. The highest BCUT2D eigenvalue weighted by Crippen LogP contribution is 2.33. The van der Waals surface area contributed by atoms with E-state index in [0.717, 1.165) is 16.9 Å². The second kappa shape index (κ2) is 8.93. The molecular formula is C20H19ClN4O6S2. The van der Waals surface area contributed by atoms with Crippen LogP contribution in [0.25, 0.3) is 0 Å². The fourth-order valence-corrected chi connectivity index (χ4v) is 6.84. The van der Waals surface area contributed by atoms with Gasteiger partial charge < -0.3 is 13.9 Å². The second-order valence-corrected chi connectivity index (χ2v) is 11.5. The number of fused-ring (bicyclic) bond motifs is 1. The van der Waals surface area contributed by atoms with E-state index in [-0.39, 0.29) is 41.9 Å². The van der Waals surface area contributed by atoms with Crippen LogP contribution in [0.4, 0.5) is 6.01 Å². The molecule has 2 aromatic heterocycles. The number of piperidine rings is 1. The molecule has 174 valence electrons. The average Bonchev–Trinajstić information content (AvgIpc) is 3.55. The Hall–Kier alpha value is -2.67. The zero-order valence-electron chi connectivity index (χ0n) is 17.2. The lowest BCUT2D eigenvalue weighted by atomic mass is 9.97. The lowest BCUT2D eigenvalue weighted by Crippen LogP contribution is -2.41. The fraction of sp³-hybridized carbons (Fsp3) is 0.350. The molecule has 0 radical (unpaired) electrons. The van der Waals surface area contributed by atoms with Crippen LogP contribution in [0.5, 0.6) is 11.5 Å². The number of anilines is 1. The smallest absolute Gasteiger partial charge is 0.322 e. The van der Waals surface area contributed by atoms with Crippen molar-refractivity contribution in [2.75, 3.05) is 25.2 Å². The van der Waals surface area contributed by atoms with Gasteiger partial charge in [0.2, 0.25) is 18.6 Å². The Kier molecular flexibility index (Phi) is 5.99. The van der Waals surface area contributed by atoms with Gasteiger partial charge >= 0.3 is 6.01 Å². The predicted molar refractivity (Wildman–Crippen MR) is 119 cm³/mol. The van der Waals surface area contributed by atoms with E-state index < -0.39 is 10.0 Å². The predicted octanol–water partition coefficient (Wildman–Crippen LogP) is 3.14.